The van der Waals surface area contributed by atoms with E-state index in [4.69, 9.17) is 0 Å². The second kappa shape index (κ2) is 8.43. The summed E-state index contributed by atoms with van der Waals surface area (Å²) in [5.74, 6) is -0.181. The fourth-order valence-corrected chi connectivity index (χ4v) is 2.45. The zero-order valence-corrected chi connectivity index (χ0v) is 14.7. The first-order chi connectivity index (χ1) is 11.5. The first kappa shape index (κ1) is 17.9. The molecule has 0 radical (unpaired) electrons. The van der Waals surface area contributed by atoms with Crippen LogP contribution in [0.15, 0.2) is 41.2 Å². The molecule has 5 nitrogen and oxygen atoms in total. The van der Waals surface area contributed by atoms with Crippen molar-refractivity contribution in [3.63, 3.8) is 0 Å². The van der Waals surface area contributed by atoms with Gasteiger partial charge in [0.15, 0.2) is 0 Å². The van der Waals surface area contributed by atoms with E-state index < -0.39 is 0 Å². The van der Waals surface area contributed by atoms with E-state index >= 15 is 0 Å². The van der Waals surface area contributed by atoms with Gasteiger partial charge in [-0.3, -0.25) is 9.59 Å². The molecule has 0 fully saturated rings. The van der Waals surface area contributed by atoms with Crippen molar-refractivity contribution in [2.24, 2.45) is 0 Å². The summed E-state index contributed by atoms with van der Waals surface area (Å²) in [5, 5.41) is 4.21. The minimum Gasteiger partial charge on any atom is -0.336 e. The summed E-state index contributed by atoms with van der Waals surface area (Å²) in [6.45, 7) is 5.22. The molecule has 0 bridgehead atoms. The Labute approximate surface area is 142 Å². The second-order valence-electron chi connectivity index (χ2n) is 5.96. The van der Waals surface area contributed by atoms with Gasteiger partial charge in [-0.2, -0.15) is 5.10 Å². The van der Waals surface area contributed by atoms with Gasteiger partial charge in [0.25, 0.3) is 11.5 Å². The minimum absolute atomic E-state index is 0.169. The number of rotatable bonds is 7. The predicted molar refractivity (Wildman–Crippen MR) is 95.0 cm³/mol. The molecule has 0 aliphatic carbocycles. The summed E-state index contributed by atoms with van der Waals surface area (Å²) < 4.78 is 1.38. The van der Waals surface area contributed by atoms with Crippen LogP contribution in [0.2, 0.25) is 0 Å². The third kappa shape index (κ3) is 4.54. The monoisotopic (exact) mass is 327 g/mol. The first-order valence-electron chi connectivity index (χ1n) is 8.46. The number of unbranched alkanes of at least 4 members (excludes halogenated alkanes) is 1. The Hall–Kier alpha value is -2.43. The number of carbonyl (C=O) groups is 1. The van der Waals surface area contributed by atoms with Crippen molar-refractivity contribution in [1.82, 2.24) is 14.7 Å². The third-order valence-corrected chi connectivity index (χ3v) is 4.01. The number of hydrogen-bond donors (Lipinski definition) is 0. The highest BCUT2D eigenvalue weighted by Gasteiger charge is 2.15. The van der Waals surface area contributed by atoms with Gasteiger partial charge in [-0.15, -0.1) is 0 Å². The molecule has 2 rings (SSSR count). The van der Waals surface area contributed by atoms with E-state index in [2.05, 4.69) is 31.1 Å². The molecule has 0 atom stereocenters. The van der Waals surface area contributed by atoms with Gasteiger partial charge in [-0.1, -0.05) is 44.5 Å². The Morgan fingerprint density at radius 1 is 1.08 bits per heavy atom. The normalized spacial score (nSPS) is 10.6. The molecule has 0 aliphatic rings. The van der Waals surface area contributed by atoms with E-state index in [0.717, 1.165) is 24.8 Å². The van der Waals surface area contributed by atoms with Crippen LogP contribution < -0.4 is 5.56 Å². The molecular weight excluding hydrogens is 302 g/mol. The van der Waals surface area contributed by atoms with Crippen molar-refractivity contribution >= 4 is 5.91 Å². The number of aromatic nitrogens is 2. The molecule has 1 heterocycles. The van der Waals surface area contributed by atoms with Gasteiger partial charge in [0.1, 0.15) is 5.69 Å². The minimum atomic E-state index is -0.181. The maximum absolute atomic E-state index is 12.6. The molecule has 0 unspecified atom stereocenters. The topological polar surface area (TPSA) is 55.2 Å². The SMILES string of the molecule is CCCCn1nc(C(=O)N(C)Cc2ccc(CC)cc2)ccc1=O. The van der Waals surface area contributed by atoms with Gasteiger partial charge < -0.3 is 4.90 Å². The Bertz CT molecular complexity index is 735. The largest absolute Gasteiger partial charge is 0.336 e. The summed E-state index contributed by atoms with van der Waals surface area (Å²) in [4.78, 5) is 26.0. The van der Waals surface area contributed by atoms with Crippen LogP contribution >= 0.6 is 0 Å². The smallest absolute Gasteiger partial charge is 0.274 e. The molecule has 0 saturated heterocycles. The summed E-state index contributed by atoms with van der Waals surface area (Å²) in [6, 6.07) is 11.2. The van der Waals surface area contributed by atoms with Crippen molar-refractivity contribution in [1.29, 1.82) is 0 Å². The number of carbonyl (C=O) groups excluding carboxylic acids is 1. The Morgan fingerprint density at radius 3 is 2.38 bits per heavy atom. The molecule has 0 N–H and O–H groups in total. The van der Waals surface area contributed by atoms with E-state index in [1.54, 1.807) is 11.9 Å². The van der Waals surface area contributed by atoms with Crippen LogP contribution in [0.3, 0.4) is 0 Å². The molecular formula is C19H25N3O2. The fraction of sp³-hybridized carbons (Fsp3) is 0.421. The summed E-state index contributed by atoms with van der Waals surface area (Å²) >= 11 is 0. The van der Waals surface area contributed by atoms with Crippen molar-refractivity contribution in [2.45, 2.75) is 46.2 Å². The molecule has 5 heteroatoms. The van der Waals surface area contributed by atoms with Crippen LogP contribution in [-0.2, 0) is 19.5 Å². The van der Waals surface area contributed by atoms with E-state index in [1.807, 2.05) is 12.1 Å². The molecule has 1 amide bonds. The summed E-state index contributed by atoms with van der Waals surface area (Å²) in [5.41, 5.74) is 2.48. The lowest BCUT2D eigenvalue weighted by Crippen LogP contribution is -2.31. The first-order valence-corrected chi connectivity index (χ1v) is 8.46. The van der Waals surface area contributed by atoms with Gasteiger partial charge >= 0.3 is 0 Å². The van der Waals surface area contributed by atoms with Crippen LogP contribution in [0.5, 0.6) is 0 Å². The molecule has 128 valence electrons. The number of aryl methyl sites for hydroxylation is 2. The van der Waals surface area contributed by atoms with Crippen LogP contribution in [0.25, 0.3) is 0 Å². The Balaban J connectivity index is 2.10. The quantitative estimate of drug-likeness (QED) is 0.786. The lowest BCUT2D eigenvalue weighted by molar-refractivity contribution is 0.0776. The standard InChI is InChI=1S/C19H25N3O2/c1-4-6-13-22-18(23)12-11-17(20-22)19(24)21(3)14-16-9-7-15(5-2)8-10-16/h7-12H,4-6,13-14H2,1-3H3. The van der Waals surface area contributed by atoms with Crippen LogP contribution in [0, 0.1) is 0 Å². The Morgan fingerprint density at radius 2 is 1.75 bits per heavy atom. The van der Waals surface area contributed by atoms with Gasteiger partial charge in [0.05, 0.1) is 0 Å². The molecule has 1 aromatic heterocycles. The zero-order chi connectivity index (χ0) is 17.5. The van der Waals surface area contributed by atoms with Crippen LogP contribution in [0.1, 0.15) is 48.3 Å². The molecule has 0 saturated carbocycles. The Kier molecular flexibility index (Phi) is 6.29. The number of amides is 1. The lowest BCUT2D eigenvalue weighted by Gasteiger charge is -2.17. The van der Waals surface area contributed by atoms with Crippen molar-refractivity contribution in [2.75, 3.05) is 7.05 Å². The van der Waals surface area contributed by atoms with Crippen LogP contribution in [-0.4, -0.2) is 27.6 Å². The van der Waals surface area contributed by atoms with Crippen molar-refractivity contribution < 1.29 is 4.79 Å². The maximum Gasteiger partial charge on any atom is 0.274 e. The van der Waals surface area contributed by atoms with Gasteiger partial charge in [-0.05, 0) is 30.0 Å². The number of hydrogen-bond acceptors (Lipinski definition) is 3. The van der Waals surface area contributed by atoms with E-state index in [0.29, 0.717) is 18.8 Å². The molecule has 2 aromatic rings. The lowest BCUT2D eigenvalue weighted by atomic mass is 10.1. The molecule has 24 heavy (non-hydrogen) atoms. The number of nitrogens with zero attached hydrogens (tertiary/aromatic N) is 3. The average molecular weight is 327 g/mol. The average Bonchev–Trinajstić information content (AvgIpc) is 2.61. The summed E-state index contributed by atoms with van der Waals surface area (Å²) in [7, 11) is 1.75. The highest BCUT2D eigenvalue weighted by atomic mass is 16.2. The number of benzene rings is 1. The molecule has 1 aromatic carbocycles. The highest BCUT2D eigenvalue weighted by Crippen LogP contribution is 2.09. The zero-order valence-electron chi connectivity index (χ0n) is 14.7. The maximum atomic E-state index is 12.6. The molecule has 0 aliphatic heterocycles. The van der Waals surface area contributed by atoms with Gasteiger partial charge in [0.2, 0.25) is 0 Å². The predicted octanol–water partition coefficient (Wildman–Crippen LogP) is 2.88. The van der Waals surface area contributed by atoms with Gasteiger partial charge in [0, 0.05) is 26.2 Å². The fourth-order valence-electron chi connectivity index (χ4n) is 2.45. The van der Waals surface area contributed by atoms with E-state index in [-0.39, 0.29) is 11.5 Å². The van der Waals surface area contributed by atoms with Crippen molar-refractivity contribution in [3.8, 4) is 0 Å². The van der Waals surface area contributed by atoms with E-state index in [1.165, 1.54) is 22.4 Å². The summed E-state index contributed by atoms with van der Waals surface area (Å²) in [6.07, 6.45) is 2.84. The van der Waals surface area contributed by atoms with E-state index in [9.17, 15) is 9.59 Å². The van der Waals surface area contributed by atoms with Gasteiger partial charge in [-0.25, -0.2) is 4.68 Å². The van der Waals surface area contributed by atoms with Crippen LogP contribution in [0.4, 0.5) is 0 Å². The highest BCUT2D eigenvalue weighted by molar-refractivity contribution is 5.91. The molecule has 0 spiro atoms. The van der Waals surface area contributed by atoms with Crippen molar-refractivity contribution in [3.05, 3.63) is 63.6 Å². The second-order valence-corrected chi connectivity index (χ2v) is 5.96. The third-order valence-electron chi connectivity index (χ3n) is 4.01.